The average Bonchev–Trinajstić information content (AvgIpc) is 2.68. The SMILES string of the molecule is CCCCCCCN1CCC(=O)CC1.CCCCCCN1CCCCC1=O. The van der Waals surface area contributed by atoms with Crippen LogP contribution in [0.4, 0.5) is 0 Å². The Bertz CT molecular complexity index is 388. The van der Waals surface area contributed by atoms with E-state index in [4.69, 9.17) is 0 Å². The van der Waals surface area contributed by atoms with Gasteiger partial charge in [-0.25, -0.2) is 0 Å². The fourth-order valence-electron chi connectivity index (χ4n) is 3.79. The largest absolute Gasteiger partial charge is 0.343 e. The molecule has 0 aromatic rings. The van der Waals surface area contributed by atoms with E-state index in [1.807, 2.05) is 4.90 Å². The lowest BCUT2D eigenvalue weighted by Crippen LogP contribution is -2.35. The van der Waals surface area contributed by atoms with Crippen molar-refractivity contribution in [1.82, 2.24) is 9.80 Å². The van der Waals surface area contributed by atoms with E-state index < -0.39 is 0 Å². The Kier molecular flexibility index (Phi) is 14.4. The zero-order valence-corrected chi connectivity index (χ0v) is 18.1. The summed E-state index contributed by atoms with van der Waals surface area (Å²) in [5.74, 6) is 0.829. The zero-order chi connectivity index (χ0) is 19.7. The van der Waals surface area contributed by atoms with Crippen molar-refractivity contribution in [3.63, 3.8) is 0 Å². The summed E-state index contributed by atoms with van der Waals surface area (Å²) in [7, 11) is 0. The van der Waals surface area contributed by atoms with E-state index in [0.29, 0.717) is 11.7 Å². The van der Waals surface area contributed by atoms with Crippen molar-refractivity contribution in [3.05, 3.63) is 0 Å². The predicted molar refractivity (Wildman–Crippen MR) is 114 cm³/mol. The quantitative estimate of drug-likeness (QED) is 0.463. The first-order chi connectivity index (χ1) is 13.2. The molecule has 0 aromatic heterocycles. The number of unbranched alkanes of at least 4 members (excludes halogenated alkanes) is 7. The first-order valence-electron chi connectivity index (χ1n) is 11.7. The number of piperidine rings is 2. The van der Waals surface area contributed by atoms with Crippen LogP contribution in [0.2, 0.25) is 0 Å². The summed E-state index contributed by atoms with van der Waals surface area (Å²) in [6, 6.07) is 0. The number of rotatable bonds is 11. The fraction of sp³-hybridized carbons (Fsp3) is 0.913. The lowest BCUT2D eigenvalue weighted by molar-refractivity contribution is -0.133. The smallest absolute Gasteiger partial charge is 0.222 e. The van der Waals surface area contributed by atoms with Crippen LogP contribution in [0.15, 0.2) is 0 Å². The molecule has 2 aliphatic rings. The zero-order valence-electron chi connectivity index (χ0n) is 18.1. The van der Waals surface area contributed by atoms with Crippen molar-refractivity contribution < 1.29 is 9.59 Å². The van der Waals surface area contributed by atoms with Crippen molar-refractivity contribution in [2.24, 2.45) is 0 Å². The third-order valence-corrected chi connectivity index (χ3v) is 5.69. The minimum Gasteiger partial charge on any atom is -0.343 e. The van der Waals surface area contributed by atoms with Gasteiger partial charge in [-0.3, -0.25) is 9.59 Å². The van der Waals surface area contributed by atoms with Crippen LogP contribution < -0.4 is 0 Å². The number of ketones is 1. The fourth-order valence-corrected chi connectivity index (χ4v) is 3.79. The van der Waals surface area contributed by atoms with Gasteiger partial charge in [0.2, 0.25) is 5.91 Å². The second-order valence-corrected chi connectivity index (χ2v) is 8.19. The summed E-state index contributed by atoms with van der Waals surface area (Å²) >= 11 is 0. The minimum absolute atomic E-state index is 0.378. The first-order valence-corrected chi connectivity index (χ1v) is 11.7. The molecule has 2 heterocycles. The molecule has 0 saturated carbocycles. The molecular weight excluding hydrogens is 336 g/mol. The molecule has 0 aliphatic carbocycles. The molecule has 2 saturated heterocycles. The van der Waals surface area contributed by atoms with Gasteiger partial charge in [0.1, 0.15) is 5.78 Å². The number of amides is 1. The van der Waals surface area contributed by atoms with E-state index >= 15 is 0 Å². The van der Waals surface area contributed by atoms with Gasteiger partial charge in [0.25, 0.3) is 0 Å². The number of likely N-dealkylation sites (tertiary alicyclic amines) is 2. The molecule has 158 valence electrons. The Morgan fingerprint density at radius 2 is 1.26 bits per heavy atom. The van der Waals surface area contributed by atoms with Gasteiger partial charge < -0.3 is 9.80 Å². The molecule has 0 N–H and O–H groups in total. The maximum Gasteiger partial charge on any atom is 0.222 e. The summed E-state index contributed by atoms with van der Waals surface area (Å²) in [6.45, 7) is 9.68. The Morgan fingerprint density at radius 3 is 1.89 bits per heavy atom. The number of carbonyl (C=O) groups is 2. The van der Waals surface area contributed by atoms with Crippen LogP contribution in [-0.2, 0) is 9.59 Å². The molecule has 0 atom stereocenters. The van der Waals surface area contributed by atoms with Gasteiger partial charge in [0.05, 0.1) is 0 Å². The van der Waals surface area contributed by atoms with Gasteiger partial charge in [-0.1, -0.05) is 58.8 Å². The summed E-state index contributed by atoms with van der Waals surface area (Å²) in [5.41, 5.74) is 0. The Balaban J connectivity index is 0.000000271. The summed E-state index contributed by atoms with van der Waals surface area (Å²) in [5, 5.41) is 0. The van der Waals surface area contributed by atoms with Crippen LogP contribution in [0.5, 0.6) is 0 Å². The monoisotopic (exact) mass is 380 g/mol. The summed E-state index contributed by atoms with van der Waals surface area (Å²) < 4.78 is 0. The molecule has 0 spiro atoms. The van der Waals surface area contributed by atoms with Crippen LogP contribution in [0.3, 0.4) is 0 Å². The number of nitrogens with zero attached hydrogens (tertiary/aromatic N) is 2. The van der Waals surface area contributed by atoms with E-state index in [0.717, 1.165) is 51.9 Å². The highest BCUT2D eigenvalue weighted by molar-refractivity contribution is 5.79. The Morgan fingerprint density at radius 1 is 0.667 bits per heavy atom. The van der Waals surface area contributed by atoms with Crippen LogP contribution in [0, 0.1) is 0 Å². The highest BCUT2D eigenvalue weighted by Gasteiger charge is 2.16. The van der Waals surface area contributed by atoms with Crippen molar-refractivity contribution >= 4 is 11.7 Å². The lowest BCUT2D eigenvalue weighted by Gasteiger charge is -2.26. The third-order valence-electron chi connectivity index (χ3n) is 5.69. The molecule has 2 aliphatic heterocycles. The van der Waals surface area contributed by atoms with Gasteiger partial charge in [-0.15, -0.1) is 0 Å². The first kappa shape index (κ1) is 24.1. The highest BCUT2D eigenvalue weighted by atomic mass is 16.2. The van der Waals surface area contributed by atoms with Crippen molar-refractivity contribution in [3.8, 4) is 0 Å². The average molecular weight is 381 g/mol. The maximum atomic E-state index is 11.4. The van der Waals surface area contributed by atoms with Crippen LogP contribution in [0.25, 0.3) is 0 Å². The molecule has 0 unspecified atom stereocenters. The minimum atomic E-state index is 0.378. The Hall–Kier alpha value is -0.900. The molecule has 1 amide bonds. The van der Waals surface area contributed by atoms with Gasteiger partial charge in [-0.05, 0) is 32.2 Å². The van der Waals surface area contributed by atoms with E-state index in [9.17, 15) is 9.59 Å². The lowest BCUT2D eigenvalue weighted by atomic mass is 10.1. The molecule has 0 bridgehead atoms. The van der Waals surface area contributed by atoms with Gasteiger partial charge in [0.15, 0.2) is 0 Å². The van der Waals surface area contributed by atoms with Gasteiger partial charge >= 0.3 is 0 Å². The maximum absolute atomic E-state index is 11.4. The van der Waals surface area contributed by atoms with Crippen molar-refractivity contribution in [2.75, 3.05) is 32.7 Å². The van der Waals surface area contributed by atoms with E-state index in [1.54, 1.807) is 0 Å². The number of Topliss-reactive ketones (excluding diaryl/α,β-unsaturated/α-hetero) is 1. The number of hydrogen-bond donors (Lipinski definition) is 0. The van der Waals surface area contributed by atoms with Crippen LogP contribution in [0.1, 0.15) is 104 Å². The summed E-state index contributed by atoms with van der Waals surface area (Å²) in [4.78, 5) is 26.9. The van der Waals surface area contributed by atoms with E-state index in [2.05, 4.69) is 18.7 Å². The van der Waals surface area contributed by atoms with Crippen LogP contribution >= 0.6 is 0 Å². The molecule has 0 aromatic carbocycles. The van der Waals surface area contributed by atoms with E-state index in [1.165, 1.54) is 70.8 Å². The Labute approximate surface area is 168 Å². The second-order valence-electron chi connectivity index (χ2n) is 8.19. The number of carbonyl (C=O) groups excluding carboxylic acids is 2. The predicted octanol–water partition coefficient (Wildman–Crippen LogP) is 5.20. The second kappa shape index (κ2) is 16.1. The third kappa shape index (κ3) is 12.2. The standard InChI is InChI=1S/C12H23NO.C11H21NO/c1-2-3-4-5-6-9-13-10-7-12(14)8-11-13;1-2-3-4-6-9-12-10-7-5-8-11(12)13/h2-11H2,1H3;2-10H2,1H3. The molecule has 0 radical (unpaired) electrons. The topological polar surface area (TPSA) is 40.6 Å². The molecule has 4 nitrogen and oxygen atoms in total. The van der Waals surface area contributed by atoms with Crippen LogP contribution in [-0.4, -0.2) is 54.2 Å². The molecule has 27 heavy (non-hydrogen) atoms. The molecule has 4 heteroatoms. The van der Waals surface area contributed by atoms with Gasteiger partial charge in [0, 0.05) is 45.4 Å². The van der Waals surface area contributed by atoms with Crippen molar-refractivity contribution in [2.45, 2.75) is 104 Å². The highest BCUT2D eigenvalue weighted by Crippen LogP contribution is 2.12. The summed E-state index contributed by atoms with van der Waals surface area (Å²) in [6.07, 6.45) is 16.5. The van der Waals surface area contributed by atoms with E-state index in [-0.39, 0.29) is 0 Å². The van der Waals surface area contributed by atoms with Crippen molar-refractivity contribution in [1.29, 1.82) is 0 Å². The molecular formula is C23H44N2O2. The normalized spacial score (nSPS) is 18.4. The number of hydrogen-bond acceptors (Lipinski definition) is 3. The molecule has 2 rings (SSSR count). The van der Waals surface area contributed by atoms with Gasteiger partial charge in [-0.2, -0.15) is 0 Å². The molecule has 2 fully saturated rings.